The van der Waals surface area contributed by atoms with Gasteiger partial charge in [0.1, 0.15) is 11.2 Å². The summed E-state index contributed by atoms with van der Waals surface area (Å²) in [5.41, 5.74) is 1.36. The maximum Gasteiger partial charge on any atom is 0.412 e. The molecule has 0 radical (unpaired) electrons. The molecule has 194 valence electrons. The molecule has 1 aliphatic rings. The van der Waals surface area contributed by atoms with Crippen molar-refractivity contribution in [3.63, 3.8) is 0 Å². The van der Waals surface area contributed by atoms with Crippen molar-refractivity contribution >= 4 is 46.9 Å². The van der Waals surface area contributed by atoms with Gasteiger partial charge in [0.25, 0.3) is 5.91 Å². The fourth-order valence-electron chi connectivity index (χ4n) is 4.19. The molecule has 3 rings (SSSR count). The van der Waals surface area contributed by atoms with Crippen molar-refractivity contribution in [2.24, 2.45) is 9.98 Å². The molecule has 2 aromatic carbocycles. The third-order valence-electron chi connectivity index (χ3n) is 6.19. The van der Waals surface area contributed by atoms with Crippen molar-refractivity contribution in [2.45, 2.75) is 71.2 Å². The average Bonchev–Trinajstić information content (AvgIpc) is 3.19. The number of nitrogens with zero attached hydrogens (tertiary/aromatic N) is 2. The van der Waals surface area contributed by atoms with Crippen LogP contribution in [0.2, 0.25) is 0 Å². The molecule has 0 aliphatic carbocycles. The van der Waals surface area contributed by atoms with E-state index in [1.165, 1.54) is 12.2 Å². The van der Waals surface area contributed by atoms with Crippen molar-refractivity contribution < 1.29 is 28.7 Å². The van der Waals surface area contributed by atoms with Gasteiger partial charge >= 0.3 is 6.09 Å². The summed E-state index contributed by atoms with van der Waals surface area (Å²) in [6.45, 7) is 8.85. The number of anilines is 2. The summed E-state index contributed by atoms with van der Waals surface area (Å²) < 4.78 is 11.7. The van der Waals surface area contributed by atoms with Crippen LogP contribution in [0.5, 0.6) is 0 Å². The number of hydrogen-bond donors (Lipinski definition) is 2. The third kappa shape index (κ3) is 7.21. The van der Waals surface area contributed by atoms with Crippen LogP contribution in [0.25, 0.3) is 0 Å². The van der Waals surface area contributed by atoms with Gasteiger partial charge in [-0.1, -0.05) is 12.1 Å². The number of aliphatic imine (C=N–C) groups is 2. The van der Waals surface area contributed by atoms with Crippen LogP contribution in [0.4, 0.5) is 27.5 Å². The van der Waals surface area contributed by atoms with E-state index in [0.29, 0.717) is 42.0 Å². The smallest absolute Gasteiger partial charge is 0.412 e. The van der Waals surface area contributed by atoms with E-state index < -0.39 is 17.3 Å². The monoisotopic (exact) mass is 506 g/mol. The van der Waals surface area contributed by atoms with Crippen molar-refractivity contribution in [1.29, 1.82) is 0 Å². The van der Waals surface area contributed by atoms with Gasteiger partial charge in [-0.3, -0.25) is 10.1 Å². The van der Waals surface area contributed by atoms with Gasteiger partial charge in [0.05, 0.1) is 17.5 Å². The second kappa shape index (κ2) is 11.3. The van der Waals surface area contributed by atoms with Crippen molar-refractivity contribution in [3.05, 3.63) is 47.5 Å². The second-order valence-corrected chi connectivity index (χ2v) is 9.85. The predicted molar refractivity (Wildman–Crippen MR) is 138 cm³/mol. The lowest BCUT2D eigenvalue weighted by Gasteiger charge is -2.29. The van der Waals surface area contributed by atoms with Gasteiger partial charge in [-0.25, -0.2) is 14.4 Å². The van der Waals surface area contributed by atoms with Crippen LogP contribution in [-0.4, -0.2) is 41.5 Å². The highest BCUT2D eigenvalue weighted by Crippen LogP contribution is 2.36. The van der Waals surface area contributed by atoms with Gasteiger partial charge in [0, 0.05) is 17.8 Å². The number of rotatable bonds is 8. The average molecular weight is 507 g/mol. The van der Waals surface area contributed by atoms with Gasteiger partial charge in [0.15, 0.2) is 0 Å². The number of carbonyl (C=O) groups excluding carboxylic acids is 4. The lowest BCUT2D eigenvalue weighted by atomic mass is 9.96. The highest BCUT2D eigenvalue weighted by atomic mass is 16.6. The molecule has 2 N–H and O–H groups in total. The molecule has 0 spiro atoms. The van der Waals surface area contributed by atoms with Gasteiger partial charge in [-0.15, -0.1) is 0 Å². The number of aryl methyl sites for hydroxylation is 2. The molecule has 0 bridgehead atoms. The van der Waals surface area contributed by atoms with Crippen molar-refractivity contribution in [2.75, 3.05) is 10.6 Å². The predicted octanol–water partition coefficient (Wildman–Crippen LogP) is 5.53. The van der Waals surface area contributed by atoms with E-state index >= 15 is 0 Å². The van der Waals surface area contributed by atoms with Crippen LogP contribution in [0.1, 0.15) is 51.2 Å². The summed E-state index contributed by atoms with van der Waals surface area (Å²) in [6.07, 6.45) is 3.50. The van der Waals surface area contributed by atoms with Crippen molar-refractivity contribution in [3.8, 4) is 0 Å². The van der Waals surface area contributed by atoms with Gasteiger partial charge < -0.3 is 14.8 Å². The largest absolute Gasteiger partial charge is 0.443 e. The lowest BCUT2D eigenvalue weighted by Crippen LogP contribution is -2.41. The van der Waals surface area contributed by atoms with Crippen LogP contribution in [0.15, 0.2) is 46.4 Å². The molecule has 1 heterocycles. The van der Waals surface area contributed by atoms with Gasteiger partial charge in [-0.05, 0) is 82.9 Å². The number of isocyanates is 2. The molecule has 0 saturated carbocycles. The fourth-order valence-corrected chi connectivity index (χ4v) is 4.19. The first-order valence-electron chi connectivity index (χ1n) is 11.8. The molecule has 2 amide bonds. The van der Waals surface area contributed by atoms with Gasteiger partial charge in [0.2, 0.25) is 12.2 Å². The van der Waals surface area contributed by atoms with Gasteiger partial charge in [-0.2, -0.15) is 9.98 Å². The van der Waals surface area contributed by atoms with Crippen LogP contribution in [-0.2, 0) is 23.9 Å². The minimum Gasteiger partial charge on any atom is -0.443 e. The summed E-state index contributed by atoms with van der Waals surface area (Å²) >= 11 is 0. The Balaban J connectivity index is 1.58. The number of amides is 2. The number of nitrogens with one attached hydrogen (secondary N) is 2. The molecule has 2 aromatic rings. The molecule has 37 heavy (non-hydrogen) atoms. The molecule has 2 unspecified atom stereocenters. The Labute approximate surface area is 215 Å². The first kappa shape index (κ1) is 27.5. The Morgan fingerprint density at radius 3 is 2.11 bits per heavy atom. The lowest BCUT2D eigenvalue weighted by molar-refractivity contribution is -0.140. The number of benzene rings is 2. The minimum atomic E-state index is -1.07. The molecule has 10 nitrogen and oxygen atoms in total. The second-order valence-electron chi connectivity index (χ2n) is 9.85. The van der Waals surface area contributed by atoms with E-state index in [-0.39, 0.29) is 12.0 Å². The Morgan fingerprint density at radius 1 is 1.03 bits per heavy atom. The number of hydrogen-bond acceptors (Lipinski definition) is 8. The molecule has 1 fully saturated rings. The fraction of sp³-hybridized carbons (Fsp3) is 0.407. The zero-order valence-corrected chi connectivity index (χ0v) is 21.5. The highest BCUT2D eigenvalue weighted by molar-refractivity contribution is 5.97. The van der Waals surface area contributed by atoms with Crippen LogP contribution < -0.4 is 10.6 Å². The first-order chi connectivity index (χ1) is 17.4. The highest BCUT2D eigenvalue weighted by Gasteiger charge is 2.44. The maximum absolute atomic E-state index is 13.0. The Hall–Kier alpha value is -4.10. The molecule has 10 heteroatoms. The quantitative estimate of drug-likeness (QED) is 0.357. The van der Waals surface area contributed by atoms with E-state index in [0.717, 1.165) is 11.1 Å². The number of ether oxygens (including phenoxy) is 2. The Bertz CT molecular complexity index is 1290. The standard InChI is InChI=1S/C27H30N4O6/c1-17-6-8-19(12-22(17)28-15-32)30-24(34)27(5)11-10-21(36-27)14-26(3,4)37-25(35)31-20-9-7-18(2)23(13-20)29-16-33/h6-9,12-13,21H,10-11,14H2,1-5H3,(H,30,34)(H,31,35). The first-order valence-corrected chi connectivity index (χ1v) is 11.8. The minimum absolute atomic E-state index is 0.306. The van der Waals surface area contributed by atoms with E-state index in [2.05, 4.69) is 20.6 Å². The number of carbonyl (C=O) groups is 2. The molecular weight excluding hydrogens is 476 g/mol. The SMILES string of the molecule is Cc1ccc(NC(=O)OC(C)(C)CC2CCC(C)(C(=O)Nc3ccc(C)c(N=C=O)c3)O2)cc1N=C=O. The summed E-state index contributed by atoms with van der Waals surface area (Å²) in [4.78, 5) is 54.0. The molecule has 1 saturated heterocycles. The Morgan fingerprint density at radius 2 is 1.57 bits per heavy atom. The molecule has 1 aliphatic heterocycles. The Kier molecular flexibility index (Phi) is 8.40. The van der Waals surface area contributed by atoms with E-state index in [1.807, 2.05) is 0 Å². The van der Waals surface area contributed by atoms with Crippen LogP contribution >= 0.6 is 0 Å². The summed E-state index contributed by atoms with van der Waals surface area (Å²) in [5.74, 6) is -0.315. The van der Waals surface area contributed by atoms with E-state index in [9.17, 15) is 19.2 Å². The molecule has 2 atom stereocenters. The summed E-state index contributed by atoms with van der Waals surface area (Å²) in [6, 6.07) is 10.0. The maximum atomic E-state index is 13.0. The molecular formula is C27H30N4O6. The normalized spacial score (nSPS) is 18.8. The topological polar surface area (TPSA) is 136 Å². The van der Waals surface area contributed by atoms with Crippen molar-refractivity contribution in [1.82, 2.24) is 0 Å². The zero-order valence-electron chi connectivity index (χ0n) is 21.5. The summed E-state index contributed by atoms with van der Waals surface area (Å²) in [5, 5.41) is 5.47. The third-order valence-corrected chi connectivity index (χ3v) is 6.19. The van der Waals surface area contributed by atoms with Crippen LogP contribution in [0.3, 0.4) is 0 Å². The van der Waals surface area contributed by atoms with E-state index in [1.54, 1.807) is 71.0 Å². The summed E-state index contributed by atoms with van der Waals surface area (Å²) in [7, 11) is 0. The van der Waals surface area contributed by atoms with E-state index in [4.69, 9.17) is 9.47 Å². The zero-order chi connectivity index (χ0) is 27.2. The van der Waals surface area contributed by atoms with Crippen LogP contribution in [0, 0.1) is 13.8 Å². The molecule has 0 aromatic heterocycles.